The number of aliphatic imine (C=N–C) groups is 2. The molecule has 1 rings (SSSR count). The molecule has 0 unspecified atom stereocenters. The van der Waals surface area contributed by atoms with Crippen LogP contribution in [0.2, 0.25) is 0 Å². The molecule has 0 bridgehead atoms. The van der Waals surface area contributed by atoms with Gasteiger partial charge in [-0.3, -0.25) is 16.2 Å². The molecule has 0 aromatic heterocycles. The summed E-state index contributed by atoms with van der Waals surface area (Å²) in [5.74, 6) is 4.84. The molecular weight excluding hydrogens is 178 g/mol. The highest BCUT2D eigenvalue weighted by Crippen LogP contribution is 1.90. The van der Waals surface area contributed by atoms with Gasteiger partial charge in [-0.1, -0.05) is 0 Å². The fourth-order valence-corrected chi connectivity index (χ4v) is 0.623. The third-order valence-electron chi connectivity index (χ3n) is 1.10. The SMILES string of the molecule is CN(N)NNC1=NC=NC1=[N+]([O-])[O-]. The predicted molar refractivity (Wildman–Crippen MR) is 46.2 cm³/mol. The van der Waals surface area contributed by atoms with Gasteiger partial charge in [0.1, 0.15) is 0 Å². The van der Waals surface area contributed by atoms with Crippen molar-refractivity contribution in [3.05, 3.63) is 10.4 Å². The number of nitrogens with zero attached hydrogens (tertiary/aromatic N) is 4. The van der Waals surface area contributed by atoms with Gasteiger partial charge in [0, 0.05) is 7.05 Å². The minimum absolute atomic E-state index is 0.0160. The first kappa shape index (κ1) is 9.38. The smallest absolute Gasteiger partial charge is 0.370 e. The Labute approximate surface area is 73.3 Å². The number of hydrogen-bond acceptors (Lipinski definition) is 7. The van der Waals surface area contributed by atoms with Crippen molar-refractivity contribution in [3.8, 4) is 0 Å². The van der Waals surface area contributed by atoms with Crippen LogP contribution in [0, 0.1) is 10.4 Å². The Bertz CT molecular complexity index is 276. The van der Waals surface area contributed by atoms with Gasteiger partial charge in [0.05, 0.1) is 0 Å². The van der Waals surface area contributed by atoms with Crippen LogP contribution < -0.4 is 16.8 Å². The van der Waals surface area contributed by atoms with Gasteiger partial charge < -0.3 is 10.4 Å². The van der Waals surface area contributed by atoms with Crippen LogP contribution in [0.3, 0.4) is 0 Å². The van der Waals surface area contributed by atoms with E-state index in [0.717, 1.165) is 11.5 Å². The van der Waals surface area contributed by atoms with Crippen LogP contribution in [0.5, 0.6) is 0 Å². The summed E-state index contributed by atoms with van der Waals surface area (Å²) in [6.07, 6.45) is 1.08. The van der Waals surface area contributed by atoms with Gasteiger partial charge in [-0.2, -0.15) is 15.6 Å². The highest BCUT2D eigenvalue weighted by molar-refractivity contribution is 6.43. The van der Waals surface area contributed by atoms with E-state index in [1.807, 2.05) is 0 Å². The zero-order chi connectivity index (χ0) is 9.84. The van der Waals surface area contributed by atoms with Crippen molar-refractivity contribution in [1.29, 1.82) is 0 Å². The second kappa shape index (κ2) is 3.80. The maximum absolute atomic E-state index is 10.3. The normalized spacial score (nSPS) is 15.0. The first-order chi connectivity index (χ1) is 6.11. The maximum Gasteiger partial charge on any atom is 0.370 e. The second-order valence-electron chi connectivity index (χ2n) is 2.15. The van der Waals surface area contributed by atoms with E-state index >= 15 is 0 Å². The molecular formula is C4H8N7O2-. The van der Waals surface area contributed by atoms with Crippen LogP contribution in [-0.4, -0.2) is 35.1 Å². The summed E-state index contributed by atoms with van der Waals surface area (Å²) >= 11 is 0. The van der Waals surface area contributed by atoms with Gasteiger partial charge in [0.15, 0.2) is 0 Å². The van der Waals surface area contributed by atoms with E-state index in [9.17, 15) is 10.4 Å². The predicted octanol–water partition coefficient (Wildman–Crippen LogP) is -2.35. The lowest BCUT2D eigenvalue weighted by Crippen LogP contribution is -2.52. The minimum Gasteiger partial charge on any atom is -0.712 e. The lowest BCUT2D eigenvalue weighted by molar-refractivity contribution is -0.377. The first-order valence-corrected chi connectivity index (χ1v) is 3.23. The molecule has 9 heteroatoms. The average molecular weight is 186 g/mol. The number of hydrogen-bond donors (Lipinski definition) is 3. The van der Waals surface area contributed by atoms with Crippen molar-refractivity contribution < 1.29 is 4.90 Å². The highest BCUT2D eigenvalue weighted by Gasteiger charge is 2.20. The molecule has 1 aliphatic heterocycles. The van der Waals surface area contributed by atoms with Crippen molar-refractivity contribution in [2.75, 3.05) is 7.05 Å². The minimum atomic E-state index is -0.645. The number of amidine groups is 2. The van der Waals surface area contributed by atoms with Crippen LogP contribution in [-0.2, 0) is 0 Å². The van der Waals surface area contributed by atoms with Crippen molar-refractivity contribution in [2.24, 2.45) is 15.8 Å². The van der Waals surface area contributed by atoms with Gasteiger partial charge >= 0.3 is 5.84 Å². The van der Waals surface area contributed by atoms with Gasteiger partial charge in [0.25, 0.3) is 0 Å². The van der Waals surface area contributed by atoms with Gasteiger partial charge in [0.2, 0.25) is 12.2 Å². The third kappa shape index (κ3) is 2.37. The summed E-state index contributed by atoms with van der Waals surface area (Å²) in [6.45, 7) is 0. The fraction of sp³-hybridized carbons (Fsp3) is 0.250. The Kier molecular flexibility index (Phi) is 2.74. The molecule has 0 saturated heterocycles. The molecule has 0 aromatic rings. The van der Waals surface area contributed by atoms with Gasteiger partial charge in [-0.25, -0.2) is 0 Å². The molecule has 9 nitrogen and oxygen atoms in total. The Balaban J connectivity index is 2.58. The maximum atomic E-state index is 10.3. The van der Waals surface area contributed by atoms with Crippen molar-refractivity contribution in [2.45, 2.75) is 0 Å². The summed E-state index contributed by atoms with van der Waals surface area (Å²) in [4.78, 5) is 6.38. The van der Waals surface area contributed by atoms with E-state index in [4.69, 9.17) is 5.84 Å². The standard InChI is InChI=1S/C4H8N7O2/c1-10(5)9-8-3-4(11(12)13)7-2-6-3/h2,9H,5H2,1H3,(H-,6,7,8,12,13)/q-1. The third-order valence-corrected chi connectivity index (χ3v) is 1.10. The number of hydrazine groups is 3. The Morgan fingerprint density at radius 3 is 2.85 bits per heavy atom. The molecule has 0 spiro atoms. The summed E-state index contributed by atoms with van der Waals surface area (Å²) < 4.78 is 0. The average Bonchev–Trinajstić information content (AvgIpc) is 2.47. The lowest BCUT2D eigenvalue weighted by atomic mass is 10.6. The van der Waals surface area contributed by atoms with Crippen molar-refractivity contribution in [1.82, 2.24) is 16.1 Å². The number of rotatable bonds is 2. The molecule has 1 aliphatic rings. The Hall–Kier alpha value is -1.71. The van der Waals surface area contributed by atoms with Gasteiger partial charge in [-0.15, -0.1) is 0 Å². The molecule has 0 aliphatic carbocycles. The molecule has 72 valence electrons. The summed E-state index contributed by atoms with van der Waals surface area (Å²) in [7, 11) is 1.51. The zero-order valence-corrected chi connectivity index (χ0v) is 6.76. The quantitative estimate of drug-likeness (QED) is 0.251. The lowest BCUT2D eigenvalue weighted by Gasteiger charge is -2.15. The largest absolute Gasteiger partial charge is 0.712 e. The monoisotopic (exact) mass is 186 g/mol. The first-order valence-electron chi connectivity index (χ1n) is 3.23. The number of nitrogens with two attached hydrogens (primary N) is 1. The van der Waals surface area contributed by atoms with E-state index in [0.29, 0.717) is 0 Å². The number of nitrogens with one attached hydrogen (secondary N) is 2. The van der Waals surface area contributed by atoms with E-state index in [-0.39, 0.29) is 11.7 Å². The van der Waals surface area contributed by atoms with Gasteiger partial charge in [-0.05, 0) is 4.99 Å². The highest BCUT2D eigenvalue weighted by atomic mass is 16.8. The van der Waals surface area contributed by atoms with Crippen LogP contribution in [0.4, 0.5) is 0 Å². The van der Waals surface area contributed by atoms with E-state index in [1.54, 1.807) is 0 Å². The molecule has 4 N–H and O–H groups in total. The van der Waals surface area contributed by atoms with Crippen molar-refractivity contribution in [3.63, 3.8) is 0 Å². The Morgan fingerprint density at radius 2 is 2.31 bits per heavy atom. The van der Waals surface area contributed by atoms with Crippen LogP contribution in [0.25, 0.3) is 0 Å². The van der Waals surface area contributed by atoms with Crippen molar-refractivity contribution >= 4 is 18.0 Å². The van der Waals surface area contributed by atoms with E-state index in [2.05, 4.69) is 20.9 Å². The summed E-state index contributed by atoms with van der Waals surface area (Å²) in [5.41, 5.74) is 4.81. The molecule has 0 aromatic carbocycles. The van der Waals surface area contributed by atoms with Crippen LogP contribution in [0.1, 0.15) is 0 Å². The molecule has 0 atom stereocenters. The molecule has 13 heavy (non-hydrogen) atoms. The van der Waals surface area contributed by atoms with Crippen LogP contribution in [0.15, 0.2) is 9.98 Å². The fourth-order valence-electron chi connectivity index (χ4n) is 0.623. The van der Waals surface area contributed by atoms with E-state index in [1.165, 1.54) is 7.05 Å². The summed E-state index contributed by atoms with van der Waals surface area (Å²) in [5, 5.41) is 21.7. The molecule has 0 fully saturated rings. The molecule has 0 radical (unpaired) electrons. The second-order valence-corrected chi connectivity index (χ2v) is 2.15. The summed E-state index contributed by atoms with van der Waals surface area (Å²) in [6, 6.07) is 0. The Morgan fingerprint density at radius 1 is 1.62 bits per heavy atom. The molecule has 1 heterocycles. The van der Waals surface area contributed by atoms with Crippen LogP contribution >= 0.6 is 0 Å². The zero-order valence-electron chi connectivity index (χ0n) is 6.76. The van der Waals surface area contributed by atoms with E-state index < -0.39 is 4.90 Å². The molecule has 0 amide bonds. The topological polar surface area (TPSA) is 127 Å². The molecule has 0 saturated carbocycles.